The Labute approximate surface area is 218 Å². The average Bonchev–Trinajstić information content (AvgIpc) is 3.36. The number of nitrogens with one attached hydrogen (secondary N) is 2. The zero-order chi connectivity index (χ0) is 25.5. The van der Waals surface area contributed by atoms with Crippen molar-refractivity contribution in [3.05, 3.63) is 72.1 Å². The number of aromatic nitrogens is 1. The van der Waals surface area contributed by atoms with E-state index in [0.29, 0.717) is 30.1 Å². The van der Waals surface area contributed by atoms with Crippen molar-refractivity contribution in [2.24, 2.45) is 11.8 Å². The molecule has 36 heavy (non-hydrogen) atoms. The number of thioether (sulfide) groups is 1. The molecular weight excluding hydrogens is 494 g/mol. The van der Waals surface area contributed by atoms with Crippen LogP contribution >= 0.6 is 23.1 Å². The predicted molar refractivity (Wildman–Crippen MR) is 144 cm³/mol. The molecule has 3 N–H and O–H groups in total. The van der Waals surface area contributed by atoms with E-state index in [2.05, 4.69) is 15.6 Å². The molecule has 3 unspecified atom stereocenters. The van der Waals surface area contributed by atoms with Crippen LogP contribution in [0.3, 0.4) is 0 Å². The van der Waals surface area contributed by atoms with Crippen LogP contribution in [0.4, 0.5) is 10.8 Å². The van der Waals surface area contributed by atoms with Gasteiger partial charge in [0.2, 0.25) is 11.8 Å². The van der Waals surface area contributed by atoms with Gasteiger partial charge < -0.3 is 15.7 Å². The number of hydrogen-bond donors (Lipinski definition) is 3. The maximum Gasteiger partial charge on any atom is 0.307 e. The van der Waals surface area contributed by atoms with E-state index in [-0.39, 0.29) is 17.1 Å². The lowest BCUT2D eigenvalue weighted by Gasteiger charge is -2.24. The lowest BCUT2D eigenvalue weighted by Crippen LogP contribution is -2.34. The summed E-state index contributed by atoms with van der Waals surface area (Å²) in [5.41, 5.74) is 2.39. The molecule has 3 aromatic rings. The molecule has 0 radical (unpaired) electrons. The number of carbonyl (C=O) groups excluding carboxylic acids is 2. The van der Waals surface area contributed by atoms with E-state index >= 15 is 0 Å². The first-order valence-electron chi connectivity index (χ1n) is 11.7. The number of carbonyl (C=O) groups is 3. The van der Waals surface area contributed by atoms with E-state index < -0.39 is 17.8 Å². The third-order valence-electron chi connectivity index (χ3n) is 5.93. The molecule has 1 aromatic heterocycles. The molecule has 0 bridgehead atoms. The molecule has 0 spiro atoms. The van der Waals surface area contributed by atoms with Crippen LogP contribution in [-0.2, 0) is 14.4 Å². The van der Waals surface area contributed by atoms with E-state index in [1.165, 1.54) is 23.1 Å². The summed E-state index contributed by atoms with van der Waals surface area (Å²) in [4.78, 5) is 42.7. The van der Waals surface area contributed by atoms with Crippen LogP contribution in [0.25, 0.3) is 11.3 Å². The van der Waals surface area contributed by atoms with Crippen LogP contribution in [0.1, 0.15) is 26.2 Å². The molecule has 2 aromatic carbocycles. The van der Waals surface area contributed by atoms with Gasteiger partial charge in [-0.3, -0.25) is 14.4 Å². The summed E-state index contributed by atoms with van der Waals surface area (Å²) >= 11 is 2.80. The smallest absolute Gasteiger partial charge is 0.307 e. The summed E-state index contributed by atoms with van der Waals surface area (Å²) in [6, 6.07) is 17.1. The number of carboxylic acid groups (broad SMARTS) is 1. The molecule has 9 heteroatoms. The molecule has 1 heterocycles. The highest BCUT2D eigenvalue weighted by Gasteiger charge is 2.34. The van der Waals surface area contributed by atoms with Gasteiger partial charge in [0.15, 0.2) is 5.13 Å². The van der Waals surface area contributed by atoms with Crippen molar-refractivity contribution in [3.8, 4) is 11.3 Å². The van der Waals surface area contributed by atoms with Crippen LogP contribution in [0.15, 0.2) is 77.0 Å². The van der Waals surface area contributed by atoms with Crippen LogP contribution < -0.4 is 10.6 Å². The maximum atomic E-state index is 13.0. The summed E-state index contributed by atoms with van der Waals surface area (Å²) in [7, 11) is 0. The third-order valence-corrected chi connectivity index (χ3v) is 8.05. The molecule has 186 valence electrons. The normalized spacial score (nSPS) is 17.8. The molecule has 0 saturated heterocycles. The number of aliphatic carboxylic acids is 1. The number of amides is 2. The molecule has 0 fully saturated rings. The molecule has 1 aliphatic carbocycles. The van der Waals surface area contributed by atoms with Gasteiger partial charge >= 0.3 is 5.97 Å². The fourth-order valence-corrected chi connectivity index (χ4v) is 5.74. The van der Waals surface area contributed by atoms with Gasteiger partial charge in [-0.05, 0) is 37.5 Å². The minimum Gasteiger partial charge on any atom is -0.481 e. The maximum absolute atomic E-state index is 13.0. The van der Waals surface area contributed by atoms with Gasteiger partial charge in [-0.25, -0.2) is 4.98 Å². The van der Waals surface area contributed by atoms with Crippen molar-refractivity contribution in [1.29, 1.82) is 0 Å². The minimum atomic E-state index is -0.961. The first kappa shape index (κ1) is 25.7. The Morgan fingerprint density at radius 1 is 1.06 bits per heavy atom. The van der Waals surface area contributed by atoms with E-state index in [9.17, 15) is 19.5 Å². The molecule has 2 amide bonds. The molecule has 1 aliphatic rings. The topological polar surface area (TPSA) is 108 Å². The predicted octanol–water partition coefficient (Wildman–Crippen LogP) is 5.93. The van der Waals surface area contributed by atoms with Crippen molar-refractivity contribution in [2.75, 3.05) is 10.6 Å². The van der Waals surface area contributed by atoms with Gasteiger partial charge in [-0.1, -0.05) is 55.5 Å². The Morgan fingerprint density at radius 3 is 2.53 bits per heavy atom. The first-order valence-corrected chi connectivity index (χ1v) is 13.5. The van der Waals surface area contributed by atoms with Crippen molar-refractivity contribution in [1.82, 2.24) is 4.98 Å². The number of thiazole rings is 1. The highest BCUT2D eigenvalue weighted by Crippen LogP contribution is 2.31. The zero-order valence-electron chi connectivity index (χ0n) is 19.7. The van der Waals surface area contributed by atoms with Gasteiger partial charge in [0.05, 0.1) is 22.8 Å². The van der Waals surface area contributed by atoms with Crippen molar-refractivity contribution < 1.29 is 19.5 Å². The number of carboxylic acids is 1. The summed E-state index contributed by atoms with van der Waals surface area (Å²) in [5.74, 6) is -2.75. The van der Waals surface area contributed by atoms with Crippen molar-refractivity contribution in [2.45, 2.75) is 36.3 Å². The summed E-state index contributed by atoms with van der Waals surface area (Å²) in [6.45, 7) is 1.95. The molecule has 7 nitrogen and oxygen atoms in total. The van der Waals surface area contributed by atoms with Gasteiger partial charge in [-0.15, -0.1) is 23.1 Å². The number of anilines is 2. The number of nitrogens with zero attached hydrogens (tertiary/aromatic N) is 1. The summed E-state index contributed by atoms with van der Waals surface area (Å²) < 4.78 is 0. The minimum absolute atomic E-state index is 0.135. The Hall–Kier alpha value is -3.43. The quantitative estimate of drug-likeness (QED) is 0.238. The van der Waals surface area contributed by atoms with E-state index in [4.69, 9.17) is 0 Å². The van der Waals surface area contributed by atoms with Gasteiger partial charge in [0.1, 0.15) is 0 Å². The van der Waals surface area contributed by atoms with Crippen LogP contribution in [0, 0.1) is 11.8 Å². The molecule has 0 saturated carbocycles. The second-order valence-electron chi connectivity index (χ2n) is 8.42. The van der Waals surface area contributed by atoms with E-state index in [1.54, 1.807) is 6.07 Å². The van der Waals surface area contributed by atoms with Crippen molar-refractivity contribution in [3.63, 3.8) is 0 Å². The lowest BCUT2D eigenvalue weighted by atomic mass is 9.82. The Balaban J connectivity index is 1.38. The standard InChI is InChI=1S/C27H27N3O4S2/c1-2-23(25(32)30-27-29-22(16-35-27)17-9-4-3-5-10-17)36-19-12-8-11-18(15-19)28-24(31)20-13-6-7-14-21(20)26(33)34/h3-12,15-16,20-21,23H,2,13-14H2,1H3,(H,28,31)(H,33,34)(H,29,30,32). The number of rotatable bonds is 9. The fraction of sp³-hybridized carbons (Fsp3) is 0.259. The van der Waals surface area contributed by atoms with E-state index in [1.807, 2.05) is 73.0 Å². The van der Waals surface area contributed by atoms with Gasteiger partial charge in [0.25, 0.3) is 0 Å². The SMILES string of the molecule is CCC(Sc1cccc(NC(=O)C2CC=CCC2C(=O)O)c1)C(=O)Nc1nc(-c2ccccc2)cs1. The molecule has 4 rings (SSSR count). The highest BCUT2D eigenvalue weighted by atomic mass is 32.2. The molecule has 3 atom stereocenters. The second-order valence-corrected chi connectivity index (χ2v) is 10.6. The molecular formula is C27H27N3O4S2. The first-order chi connectivity index (χ1) is 17.4. The Kier molecular flexibility index (Phi) is 8.56. The fourth-order valence-electron chi connectivity index (χ4n) is 4.00. The van der Waals surface area contributed by atoms with E-state index in [0.717, 1.165) is 16.2 Å². The van der Waals surface area contributed by atoms with Crippen LogP contribution in [-0.4, -0.2) is 33.1 Å². The average molecular weight is 522 g/mol. The van der Waals surface area contributed by atoms with Crippen LogP contribution in [0.5, 0.6) is 0 Å². The third kappa shape index (κ3) is 6.41. The Morgan fingerprint density at radius 2 is 1.81 bits per heavy atom. The lowest BCUT2D eigenvalue weighted by molar-refractivity contribution is -0.146. The monoisotopic (exact) mass is 521 g/mol. The highest BCUT2D eigenvalue weighted by molar-refractivity contribution is 8.00. The second kappa shape index (κ2) is 12.0. The number of benzene rings is 2. The molecule has 0 aliphatic heterocycles. The number of allylic oxidation sites excluding steroid dienone is 2. The Bertz CT molecular complexity index is 1260. The van der Waals surface area contributed by atoms with Crippen molar-refractivity contribution >= 4 is 51.7 Å². The largest absolute Gasteiger partial charge is 0.481 e. The van der Waals surface area contributed by atoms with Gasteiger partial charge in [-0.2, -0.15) is 0 Å². The zero-order valence-corrected chi connectivity index (χ0v) is 21.4. The van der Waals surface area contributed by atoms with Gasteiger partial charge in [0, 0.05) is 21.5 Å². The number of hydrogen-bond acceptors (Lipinski definition) is 6. The summed E-state index contributed by atoms with van der Waals surface area (Å²) in [6.07, 6.45) is 5.02. The summed E-state index contributed by atoms with van der Waals surface area (Å²) in [5, 5.41) is 17.4. The van der Waals surface area contributed by atoms with Crippen LogP contribution in [0.2, 0.25) is 0 Å².